The second kappa shape index (κ2) is 5.58. The summed E-state index contributed by atoms with van der Waals surface area (Å²) in [6.45, 7) is 2.76. The van der Waals surface area contributed by atoms with Gasteiger partial charge in [0.1, 0.15) is 0 Å². The first kappa shape index (κ1) is 14.1. The van der Waals surface area contributed by atoms with E-state index in [9.17, 15) is 5.11 Å². The zero-order chi connectivity index (χ0) is 13.1. The summed E-state index contributed by atoms with van der Waals surface area (Å²) in [5.74, 6) is 0. The molecule has 1 aromatic rings. The van der Waals surface area contributed by atoms with Gasteiger partial charge in [0.15, 0.2) is 0 Å². The number of nitrogens with one attached hydrogen (secondary N) is 1. The minimum atomic E-state index is -0.821. The van der Waals surface area contributed by atoms with E-state index in [1.807, 2.05) is 19.0 Å². The van der Waals surface area contributed by atoms with Crippen LogP contribution >= 0.6 is 11.6 Å². The smallest absolute Gasteiger partial charge is 0.0917 e. The first-order chi connectivity index (χ1) is 7.80. The van der Waals surface area contributed by atoms with Gasteiger partial charge in [-0.2, -0.15) is 0 Å². The molecule has 17 heavy (non-hydrogen) atoms. The fraction of sp³-hybridized carbons (Fsp3) is 0.500. The highest BCUT2D eigenvalue weighted by molar-refractivity contribution is 6.31. The summed E-state index contributed by atoms with van der Waals surface area (Å²) in [5, 5.41) is 13.9. The van der Waals surface area contributed by atoms with Gasteiger partial charge >= 0.3 is 0 Å². The molecule has 0 saturated carbocycles. The summed E-state index contributed by atoms with van der Waals surface area (Å²) < 4.78 is 0. The Balaban J connectivity index is 2.63. The Bertz CT molecular complexity index is 380. The number of anilines is 2. The van der Waals surface area contributed by atoms with Crippen molar-refractivity contribution in [2.45, 2.75) is 12.5 Å². The molecule has 0 fully saturated rings. The molecule has 1 aromatic carbocycles. The molecule has 0 bridgehead atoms. The number of rotatable bonds is 5. The van der Waals surface area contributed by atoms with Crippen LogP contribution in [-0.4, -0.2) is 42.8 Å². The molecule has 4 N–H and O–H groups in total. The lowest BCUT2D eigenvalue weighted by molar-refractivity contribution is 0.0460. The Labute approximate surface area is 107 Å². The van der Waals surface area contributed by atoms with Crippen LogP contribution in [0.4, 0.5) is 11.4 Å². The average molecular weight is 258 g/mol. The predicted molar refractivity (Wildman–Crippen MR) is 73.5 cm³/mol. The van der Waals surface area contributed by atoms with Gasteiger partial charge in [0.05, 0.1) is 17.0 Å². The molecule has 0 spiro atoms. The second-order valence-electron chi connectivity index (χ2n) is 4.82. The molecule has 0 amide bonds. The summed E-state index contributed by atoms with van der Waals surface area (Å²) in [5.41, 5.74) is 6.35. The SMILES string of the molecule is CN(C)CC(C)(O)CNc1cc(Cl)ccc1N. The lowest BCUT2D eigenvalue weighted by Crippen LogP contribution is -2.43. The van der Waals surface area contributed by atoms with Gasteiger partial charge in [0, 0.05) is 18.1 Å². The third-order valence-corrected chi connectivity index (χ3v) is 2.57. The molecule has 1 unspecified atom stereocenters. The maximum Gasteiger partial charge on any atom is 0.0917 e. The van der Waals surface area contributed by atoms with E-state index >= 15 is 0 Å². The van der Waals surface area contributed by atoms with Gasteiger partial charge in [0.25, 0.3) is 0 Å². The molecule has 0 radical (unpaired) electrons. The van der Waals surface area contributed by atoms with Crippen molar-refractivity contribution in [1.82, 2.24) is 4.90 Å². The molecule has 96 valence electrons. The third-order valence-electron chi connectivity index (χ3n) is 2.33. The topological polar surface area (TPSA) is 61.5 Å². The lowest BCUT2D eigenvalue weighted by Gasteiger charge is -2.27. The highest BCUT2D eigenvalue weighted by Crippen LogP contribution is 2.23. The van der Waals surface area contributed by atoms with E-state index in [2.05, 4.69) is 5.32 Å². The van der Waals surface area contributed by atoms with Crippen molar-refractivity contribution in [2.75, 3.05) is 38.2 Å². The second-order valence-corrected chi connectivity index (χ2v) is 5.26. The largest absolute Gasteiger partial charge is 0.397 e. The number of benzene rings is 1. The molecule has 0 saturated heterocycles. The molecule has 1 rings (SSSR count). The third kappa shape index (κ3) is 4.81. The van der Waals surface area contributed by atoms with Gasteiger partial charge in [-0.15, -0.1) is 0 Å². The number of nitrogens with two attached hydrogens (primary N) is 1. The number of nitrogens with zero attached hydrogens (tertiary/aromatic N) is 1. The zero-order valence-electron chi connectivity index (χ0n) is 10.5. The fourth-order valence-corrected chi connectivity index (χ4v) is 1.88. The van der Waals surface area contributed by atoms with Gasteiger partial charge in [-0.1, -0.05) is 11.6 Å². The Morgan fingerprint density at radius 1 is 1.47 bits per heavy atom. The van der Waals surface area contributed by atoms with E-state index in [0.717, 1.165) is 5.69 Å². The molecule has 0 heterocycles. The average Bonchev–Trinajstić information content (AvgIpc) is 2.17. The van der Waals surface area contributed by atoms with Crippen LogP contribution < -0.4 is 11.1 Å². The van der Waals surface area contributed by atoms with Crippen molar-refractivity contribution in [3.8, 4) is 0 Å². The molecule has 0 aliphatic heterocycles. The molecule has 0 aliphatic rings. The molecule has 1 atom stereocenters. The number of halogens is 1. The standard InChI is InChI=1S/C12H20ClN3O/c1-12(17,8-16(2)3)7-15-11-6-9(13)4-5-10(11)14/h4-6,15,17H,7-8,14H2,1-3H3. The Morgan fingerprint density at radius 3 is 2.71 bits per heavy atom. The van der Waals surface area contributed by atoms with Crippen molar-refractivity contribution >= 4 is 23.0 Å². The van der Waals surface area contributed by atoms with Crippen molar-refractivity contribution in [3.05, 3.63) is 23.2 Å². The molecule has 0 aliphatic carbocycles. The van der Waals surface area contributed by atoms with E-state index < -0.39 is 5.60 Å². The number of aliphatic hydroxyl groups is 1. The van der Waals surface area contributed by atoms with Gasteiger partial charge < -0.3 is 21.1 Å². The van der Waals surface area contributed by atoms with Gasteiger partial charge in [-0.25, -0.2) is 0 Å². The van der Waals surface area contributed by atoms with E-state index in [0.29, 0.717) is 23.8 Å². The summed E-state index contributed by atoms with van der Waals surface area (Å²) >= 11 is 5.88. The van der Waals surface area contributed by atoms with Crippen molar-refractivity contribution < 1.29 is 5.11 Å². The summed E-state index contributed by atoms with van der Waals surface area (Å²) in [7, 11) is 3.84. The van der Waals surface area contributed by atoms with Crippen LogP contribution in [0, 0.1) is 0 Å². The minimum absolute atomic E-state index is 0.412. The number of likely N-dealkylation sites (N-methyl/N-ethyl adjacent to an activating group) is 1. The first-order valence-corrected chi connectivity index (χ1v) is 5.84. The van der Waals surface area contributed by atoms with Crippen LogP contribution in [0.25, 0.3) is 0 Å². The maximum absolute atomic E-state index is 10.1. The highest BCUT2D eigenvalue weighted by atomic mass is 35.5. The first-order valence-electron chi connectivity index (χ1n) is 5.46. The maximum atomic E-state index is 10.1. The van der Waals surface area contributed by atoms with Crippen molar-refractivity contribution in [2.24, 2.45) is 0 Å². The zero-order valence-corrected chi connectivity index (χ0v) is 11.3. The molecule has 4 nitrogen and oxygen atoms in total. The van der Waals surface area contributed by atoms with Crippen molar-refractivity contribution in [1.29, 1.82) is 0 Å². The number of nitrogen functional groups attached to an aromatic ring is 1. The van der Waals surface area contributed by atoms with E-state index in [4.69, 9.17) is 17.3 Å². The normalized spacial score (nSPS) is 14.7. The molecular weight excluding hydrogens is 238 g/mol. The van der Waals surface area contributed by atoms with E-state index in [-0.39, 0.29) is 0 Å². The monoisotopic (exact) mass is 257 g/mol. The van der Waals surface area contributed by atoms with E-state index in [1.54, 1.807) is 25.1 Å². The van der Waals surface area contributed by atoms with E-state index in [1.165, 1.54) is 0 Å². The van der Waals surface area contributed by atoms with Crippen LogP contribution in [0.3, 0.4) is 0 Å². The van der Waals surface area contributed by atoms with Crippen molar-refractivity contribution in [3.63, 3.8) is 0 Å². The van der Waals surface area contributed by atoms with Crippen LogP contribution in [0.2, 0.25) is 5.02 Å². The Morgan fingerprint density at radius 2 is 2.12 bits per heavy atom. The number of hydrogen-bond donors (Lipinski definition) is 3. The highest BCUT2D eigenvalue weighted by Gasteiger charge is 2.21. The van der Waals surface area contributed by atoms with Crippen LogP contribution in [0.1, 0.15) is 6.92 Å². The minimum Gasteiger partial charge on any atom is -0.397 e. The molecule has 5 heteroatoms. The summed E-state index contributed by atoms with van der Waals surface area (Å²) in [6, 6.07) is 5.23. The van der Waals surface area contributed by atoms with Gasteiger partial charge in [-0.05, 0) is 39.2 Å². The molecular formula is C12H20ClN3O. The van der Waals surface area contributed by atoms with Gasteiger partial charge in [0.2, 0.25) is 0 Å². The van der Waals surface area contributed by atoms with Crippen LogP contribution in [-0.2, 0) is 0 Å². The fourth-order valence-electron chi connectivity index (χ4n) is 1.70. The quantitative estimate of drug-likeness (QED) is 0.702. The van der Waals surface area contributed by atoms with Crippen LogP contribution in [0.15, 0.2) is 18.2 Å². The summed E-state index contributed by atoms with van der Waals surface area (Å²) in [6.07, 6.45) is 0. The Hall–Kier alpha value is -0.970. The Kier molecular flexibility index (Phi) is 4.62. The lowest BCUT2D eigenvalue weighted by atomic mass is 10.1. The summed E-state index contributed by atoms with van der Waals surface area (Å²) in [4.78, 5) is 1.93. The van der Waals surface area contributed by atoms with Gasteiger partial charge in [-0.3, -0.25) is 0 Å². The van der Waals surface area contributed by atoms with Crippen LogP contribution in [0.5, 0.6) is 0 Å². The predicted octanol–water partition coefficient (Wildman–Crippen LogP) is 1.65. The number of hydrogen-bond acceptors (Lipinski definition) is 4. The molecule has 0 aromatic heterocycles.